The number of benzene rings is 1. The molecule has 1 aliphatic rings. The maximum Gasteiger partial charge on any atom is 0.136 e. The van der Waals surface area contributed by atoms with E-state index in [9.17, 15) is 0 Å². The zero-order valence-corrected chi connectivity index (χ0v) is 12.2. The summed E-state index contributed by atoms with van der Waals surface area (Å²) in [5, 5.41) is 5.79. The van der Waals surface area contributed by atoms with Crippen molar-refractivity contribution in [3.8, 4) is 0 Å². The van der Waals surface area contributed by atoms with Crippen molar-refractivity contribution in [3.05, 3.63) is 36.0 Å². The van der Waals surface area contributed by atoms with Crippen molar-refractivity contribution in [2.24, 2.45) is 0 Å². The van der Waals surface area contributed by atoms with Gasteiger partial charge in [0.05, 0.1) is 5.69 Å². The Morgan fingerprint density at radius 1 is 1.10 bits per heavy atom. The molecule has 0 saturated carbocycles. The molecule has 1 N–H and O–H groups in total. The van der Waals surface area contributed by atoms with Crippen LogP contribution in [0.15, 0.2) is 30.3 Å². The highest BCUT2D eigenvalue weighted by molar-refractivity contribution is 5.92. The lowest BCUT2D eigenvalue weighted by Gasteiger charge is -2.24. The van der Waals surface area contributed by atoms with E-state index in [4.69, 9.17) is 4.98 Å². The summed E-state index contributed by atoms with van der Waals surface area (Å²) in [5.74, 6) is 1.18. The molecule has 3 heteroatoms. The number of fused-ring (bicyclic) bond motifs is 1. The first-order chi connectivity index (χ1) is 9.88. The summed E-state index contributed by atoms with van der Waals surface area (Å²) in [6.45, 7) is 3.10. The second-order valence-corrected chi connectivity index (χ2v) is 5.59. The predicted octanol–water partition coefficient (Wildman–Crippen LogP) is 3.33. The van der Waals surface area contributed by atoms with E-state index in [0.717, 1.165) is 25.3 Å². The fourth-order valence-electron chi connectivity index (χ4n) is 3.03. The van der Waals surface area contributed by atoms with Crippen LogP contribution < -0.4 is 10.2 Å². The number of anilines is 1. The first-order valence-corrected chi connectivity index (χ1v) is 7.67. The largest absolute Gasteiger partial charge is 0.356 e. The molecular formula is C17H23N3. The number of rotatable bonds is 3. The Balaban J connectivity index is 2.06. The Labute approximate surface area is 121 Å². The van der Waals surface area contributed by atoms with Gasteiger partial charge in [-0.15, -0.1) is 0 Å². The fraction of sp³-hybridized carbons (Fsp3) is 0.471. The number of hydrogen-bond acceptors (Lipinski definition) is 3. The Kier molecular flexibility index (Phi) is 4.16. The van der Waals surface area contributed by atoms with Crippen LogP contribution in [0.4, 0.5) is 5.82 Å². The van der Waals surface area contributed by atoms with E-state index in [0.29, 0.717) is 0 Å². The third-order valence-corrected chi connectivity index (χ3v) is 4.04. The molecule has 1 fully saturated rings. The van der Waals surface area contributed by atoms with E-state index in [1.165, 1.54) is 42.3 Å². The quantitative estimate of drug-likeness (QED) is 0.926. The van der Waals surface area contributed by atoms with Crippen LogP contribution in [0.2, 0.25) is 0 Å². The summed E-state index contributed by atoms with van der Waals surface area (Å²) in [5.41, 5.74) is 1.13. The van der Waals surface area contributed by atoms with Gasteiger partial charge in [0, 0.05) is 25.0 Å². The van der Waals surface area contributed by atoms with Gasteiger partial charge in [0.2, 0.25) is 0 Å². The van der Waals surface area contributed by atoms with Gasteiger partial charge in [-0.05, 0) is 31.3 Å². The number of nitrogens with zero attached hydrogens (tertiary/aromatic N) is 2. The van der Waals surface area contributed by atoms with Gasteiger partial charge in [0.1, 0.15) is 5.82 Å². The second-order valence-electron chi connectivity index (χ2n) is 5.59. The van der Waals surface area contributed by atoms with E-state index >= 15 is 0 Å². The van der Waals surface area contributed by atoms with Gasteiger partial charge in [-0.2, -0.15) is 0 Å². The molecule has 20 heavy (non-hydrogen) atoms. The van der Waals surface area contributed by atoms with Crippen LogP contribution in [-0.2, 0) is 6.54 Å². The van der Waals surface area contributed by atoms with E-state index in [2.05, 4.69) is 40.5 Å². The third kappa shape index (κ3) is 2.78. The lowest BCUT2D eigenvalue weighted by atomic mass is 10.1. The van der Waals surface area contributed by atoms with E-state index in [-0.39, 0.29) is 0 Å². The first kappa shape index (κ1) is 13.4. The van der Waals surface area contributed by atoms with Crippen LogP contribution in [0.5, 0.6) is 0 Å². The molecule has 2 aromatic rings. The molecule has 3 nitrogen and oxygen atoms in total. The van der Waals surface area contributed by atoms with Crippen molar-refractivity contribution in [3.63, 3.8) is 0 Å². The molecule has 106 valence electrons. The summed E-state index contributed by atoms with van der Waals surface area (Å²) >= 11 is 0. The molecule has 1 aromatic heterocycles. The molecule has 0 radical (unpaired) electrons. The van der Waals surface area contributed by atoms with Gasteiger partial charge in [-0.1, -0.05) is 37.1 Å². The zero-order valence-electron chi connectivity index (χ0n) is 12.2. The molecule has 1 aliphatic heterocycles. The summed E-state index contributed by atoms with van der Waals surface area (Å²) in [6.07, 6.45) is 5.27. The number of aromatic nitrogens is 1. The minimum Gasteiger partial charge on any atom is -0.356 e. The normalized spacial score (nSPS) is 16.4. The topological polar surface area (TPSA) is 28.2 Å². The fourth-order valence-corrected chi connectivity index (χ4v) is 3.03. The highest BCUT2D eigenvalue weighted by atomic mass is 15.2. The molecule has 1 saturated heterocycles. The SMILES string of the molecule is CNCc1cc2ccccc2c(N2CCCCCC2)n1. The Morgan fingerprint density at radius 3 is 2.60 bits per heavy atom. The lowest BCUT2D eigenvalue weighted by molar-refractivity contribution is 0.726. The van der Waals surface area contributed by atoms with Crippen molar-refractivity contribution >= 4 is 16.6 Å². The smallest absolute Gasteiger partial charge is 0.136 e. The van der Waals surface area contributed by atoms with Gasteiger partial charge >= 0.3 is 0 Å². The van der Waals surface area contributed by atoms with Gasteiger partial charge in [0.25, 0.3) is 0 Å². The third-order valence-electron chi connectivity index (χ3n) is 4.04. The maximum atomic E-state index is 4.92. The van der Waals surface area contributed by atoms with Crippen LogP contribution in [0.1, 0.15) is 31.4 Å². The van der Waals surface area contributed by atoms with Gasteiger partial charge in [-0.3, -0.25) is 0 Å². The van der Waals surface area contributed by atoms with Crippen LogP contribution in [0.3, 0.4) is 0 Å². The molecular weight excluding hydrogens is 246 g/mol. The number of nitrogens with one attached hydrogen (secondary N) is 1. The van der Waals surface area contributed by atoms with Crippen molar-refractivity contribution in [2.45, 2.75) is 32.2 Å². The highest BCUT2D eigenvalue weighted by Gasteiger charge is 2.15. The van der Waals surface area contributed by atoms with Crippen LogP contribution in [-0.4, -0.2) is 25.1 Å². The minimum absolute atomic E-state index is 0.825. The molecule has 0 amide bonds. The second kappa shape index (κ2) is 6.23. The van der Waals surface area contributed by atoms with E-state index in [1.807, 2.05) is 7.05 Å². The average molecular weight is 269 g/mol. The van der Waals surface area contributed by atoms with E-state index in [1.54, 1.807) is 0 Å². The van der Waals surface area contributed by atoms with Crippen molar-refractivity contribution in [1.82, 2.24) is 10.3 Å². The predicted molar refractivity (Wildman–Crippen MR) is 85.2 cm³/mol. The molecule has 0 spiro atoms. The van der Waals surface area contributed by atoms with Crippen molar-refractivity contribution in [2.75, 3.05) is 25.0 Å². The molecule has 0 unspecified atom stereocenters. The monoisotopic (exact) mass is 269 g/mol. The van der Waals surface area contributed by atoms with Crippen LogP contribution in [0.25, 0.3) is 10.8 Å². The summed E-state index contributed by atoms with van der Waals surface area (Å²) in [6, 6.07) is 10.8. The van der Waals surface area contributed by atoms with Gasteiger partial charge < -0.3 is 10.2 Å². The number of pyridine rings is 1. The lowest BCUT2D eigenvalue weighted by Crippen LogP contribution is -2.25. The summed E-state index contributed by atoms with van der Waals surface area (Å²) in [4.78, 5) is 7.40. The summed E-state index contributed by atoms with van der Waals surface area (Å²) in [7, 11) is 1.97. The summed E-state index contributed by atoms with van der Waals surface area (Å²) < 4.78 is 0. The molecule has 0 atom stereocenters. The molecule has 0 bridgehead atoms. The minimum atomic E-state index is 0.825. The van der Waals surface area contributed by atoms with E-state index < -0.39 is 0 Å². The zero-order chi connectivity index (χ0) is 13.8. The van der Waals surface area contributed by atoms with Gasteiger partial charge in [-0.25, -0.2) is 4.98 Å². The Bertz CT molecular complexity index is 571. The van der Waals surface area contributed by atoms with Crippen molar-refractivity contribution in [1.29, 1.82) is 0 Å². The molecule has 0 aliphatic carbocycles. The molecule has 3 rings (SSSR count). The standard InChI is InChI=1S/C17H23N3/c1-18-13-15-12-14-8-4-5-9-16(14)17(19-15)20-10-6-2-3-7-11-20/h4-5,8-9,12,18H,2-3,6-7,10-11,13H2,1H3. The maximum absolute atomic E-state index is 4.92. The van der Waals surface area contributed by atoms with Crippen LogP contribution in [0, 0.1) is 0 Å². The molecule has 2 heterocycles. The molecule has 1 aromatic carbocycles. The van der Waals surface area contributed by atoms with Crippen LogP contribution >= 0.6 is 0 Å². The Hall–Kier alpha value is -1.61. The average Bonchev–Trinajstić information content (AvgIpc) is 2.76. The Morgan fingerprint density at radius 2 is 1.85 bits per heavy atom. The highest BCUT2D eigenvalue weighted by Crippen LogP contribution is 2.27. The number of hydrogen-bond donors (Lipinski definition) is 1. The van der Waals surface area contributed by atoms with Gasteiger partial charge in [0.15, 0.2) is 0 Å². The van der Waals surface area contributed by atoms with Crippen molar-refractivity contribution < 1.29 is 0 Å². The first-order valence-electron chi connectivity index (χ1n) is 7.67.